The van der Waals surface area contributed by atoms with Crippen LogP contribution < -0.4 is 0 Å². The zero-order chi connectivity index (χ0) is 33.0. The molecular weight excluding hydrogens is 593 g/mol. The predicted octanol–water partition coefficient (Wildman–Crippen LogP) is 12.3. The Hall–Kier alpha value is -6.12. The van der Waals surface area contributed by atoms with Crippen molar-refractivity contribution in [1.82, 2.24) is 9.97 Å². The topological polar surface area (TPSA) is 25.8 Å². The van der Waals surface area contributed by atoms with Crippen LogP contribution in [0.4, 0.5) is 0 Å². The van der Waals surface area contributed by atoms with Gasteiger partial charge in [0.25, 0.3) is 0 Å². The maximum absolute atomic E-state index is 5.03. The summed E-state index contributed by atoms with van der Waals surface area (Å²) in [6.45, 7) is 4.72. The van der Waals surface area contributed by atoms with Gasteiger partial charge in [-0.25, -0.2) is 9.97 Å². The van der Waals surface area contributed by atoms with Gasteiger partial charge in [0.15, 0.2) is 5.82 Å². The van der Waals surface area contributed by atoms with Crippen molar-refractivity contribution in [3.8, 4) is 67.3 Å². The van der Waals surface area contributed by atoms with Crippen LogP contribution in [0.15, 0.2) is 170 Å². The monoisotopic (exact) mass is 626 g/mol. The van der Waals surface area contributed by atoms with E-state index < -0.39 is 0 Å². The van der Waals surface area contributed by atoms with Gasteiger partial charge < -0.3 is 0 Å². The van der Waals surface area contributed by atoms with Gasteiger partial charge in [0.2, 0.25) is 0 Å². The third-order valence-electron chi connectivity index (χ3n) is 10.1. The second kappa shape index (κ2) is 11.5. The highest BCUT2D eigenvalue weighted by Gasteiger charge is 2.37. The summed E-state index contributed by atoms with van der Waals surface area (Å²) in [6, 6.07) is 60.7. The summed E-state index contributed by atoms with van der Waals surface area (Å²) < 4.78 is 0. The molecule has 2 nitrogen and oxygen atoms in total. The normalized spacial score (nSPS) is 12.9. The largest absolute Gasteiger partial charge is 0.228 e. The van der Waals surface area contributed by atoms with E-state index in [2.05, 4.69) is 147 Å². The molecule has 0 N–H and O–H groups in total. The molecule has 9 rings (SSSR count). The maximum atomic E-state index is 5.03. The van der Waals surface area contributed by atoms with Gasteiger partial charge in [-0.05, 0) is 79.5 Å². The number of rotatable bonds is 5. The Morgan fingerprint density at radius 1 is 0.367 bits per heavy atom. The predicted molar refractivity (Wildman–Crippen MR) is 204 cm³/mol. The minimum Gasteiger partial charge on any atom is -0.228 e. The number of hydrogen-bond acceptors (Lipinski definition) is 2. The van der Waals surface area contributed by atoms with Gasteiger partial charge in [-0.15, -0.1) is 0 Å². The average molecular weight is 627 g/mol. The number of fused-ring (bicyclic) bond motifs is 4. The molecule has 0 aliphatic heterocycles. The zero-order valence-corrected chi connectivity index (χ0v) is 27.6. The minimum absolute atomic E-state index is 0.0695. The summed E-state index contributed by atoms with van der Waals surface area (Å²) in [6.07, 6.45) is 0. The van der Waals surface area contributed by atoms with Crippen LogP contribution in [0.25, 0.3) is 78.1 Å². The second-order valence-corrected chi connectivity index (χ2v) is 13.5. The van der Waals surface area contributed by atoms with E-state index in [1.807, 2.05) is 36.4 Å². The molecular formula is C47H34N2. The van der Waals surface area contributed by atoms with Crippen molar-refractivity contribution < 1.29 is 0 Å². The molecule has 0 radical (unpaired) electrons. The molecule has 0 fully saturated rings. The van der Waals surface area contributed by atoms with Gasteiger partial charge in [0.1, 0.15) is 0 Å². The quantitative estimate of drug-likeness (QED) is 0.190. The molecule has 1 aliphatic rings. The van der Waals surface area contributed by atoms with Crippen LogP contribution in [0, 0.1) is 0 Å². The highest BCUT2D eigenvalue weighted by Crippen LogP contribution is 2.53. The van der Waals surface area contributed by atoms with E-state index in [4.69, 9.17) is 9.97 Å². The van der Waals surface area contributed by atoms with Crippen molar-refractivity contribution in [1.29, 1.82) is 0 Å². The van der Waals surface area contributed by atoms with Crippen molar-refractivity contribution in [3.05, 3.63) is 181 Å². The van der Waals surface area contributed by atoms with E-state index >= 15 is 0 Å². The molecule has 232 valence electrons. The van der Waals surface area contributed by atoms with Gasteiger partial charge in [0, 0.05) is 22.1 Å². The zero-order valence-electron chi connectivity index (χ0n) is 27.6. The smallest absolute Gasteiger partial charge is 0.160 e. The van der Waals surface area contributed by atoms with Crippen LogP contribution >= 0.6 is 0 Å². The average Bonchev–Trinajstić information content (AvgIpc) is 3.39. The summed E-state index contributed by atoms with van der Waals surface area (Å²) >= 11 is 0. The van der Waals surface area contributed by atoms with Crippen LogP contribution in [0.5, 0.6) is 0 Å². The number of aromatic nitrogens is 2. The molecule has 7 aromatic carbocycles. The van der Waals surface area contributed by atoms with Crippen LogP contribution in [-0.2, 0) is 5.41 Å². The molecule has 0 saturated carbocycles. The van der Waals surface area contributed by atoms with Gasteiger partial charge in [0.05, 0.1) is 11.4 Å². The Morgan fingerprint density at radius 2 is 0.918 bits per heavy atom. The first-order chi connectivity index (χ1) is 24.0. The molecule has 1 heterocycles. The molecule has 0 unspecified atom stereocenters. The molecule has 0 atom stereocenters. The Bertz CT molecular complexity index is 2440. The summed E-state index contributed by atoms with van der Waals surface area (Å²) in [4.78, 5) is 9.98. The lowest BCUT2D eigenvalue weighted by Gasteiger charge is -2.22. The van der Waals surface area contributed by atoms with Gasteiger partial charge in [-0.2, -0.15) is 0 Å². The molecule has 2 heteroatoms. The third kappa shape index (κ3) is 5.05. The molecule has 49 heavy (non-hydrogen) atoms. The van der Waals surface area contributed by atoms with Crippen LogP contribution in [0.3, 0.4) is 0 Å². The fraction of sp³-hybridized carbons (Fsp3) is 0.0638. The Kier molecular flexibility index (Phi) is 6.84. The van der Waals surface area contributed by atoms with Crippen molar-refractivity contribution >= 4 is 10.8 Å². The summed E-state index contributed by atoms with van der Waals surface area (Å²) in [5, 5.41) is 2.58. The highest BCUT2D eigenvalue weighted by molar-refractivity contribution is 5.99. The lowest BCUT2D eigenvalue weighted by Crippen LogP contribution is -2.14. The molecule has 1 aromatic heterocycles. The summed E-state index contributed by atoms with van der Waals surface area (Å²) in [5.41, 5.74) is 15.2. The number of benzene rings is 7. The van der Waals surface area contributed by atoms with Crippen LogP contribution in [0.2, 0.25) is 0 Å². The first-order valence-corrected chi connectivity index (χ1v) is 16.9. The molecule has 8 aromatic rings. The maximum Gasteiger partial charge on any atom is 0.160 e. The standard InChI is InChI=1S/C47H34N2/c1-47(2)41-22-12-21-39(45(41)40-28-36-17-9-10-18-37(36)29-42(40)47)38-20-11-19-35(27-38)31-23-25-33(26-24-31)44-30-43(32-13-5-3-6-14-32)48-46(49-44)34-15-7-4-8-16-34/h3-30H,1-2H3. The Labute approximate surface area is 287 Å². The fourth-order valence-corrected chi connectivity index (χ4v) is 7.48. The van der Waals surface area contributed by atoms with Crippen LogP contribution in [0.1, 0.15) is 25.0 Å². The fourth-order valence-electron chi connectivity index (χ4n) is 7.48. The first-order valence-electron chi connectivity index (χ1n) is 16.9. The van der Waals surface area contributed by atoms with E-state index in [-0.39, 0.29) is 5.41 Å². The van der Waals surface area contributed by atoms with Crippen molar-refractivity contribution in [3.63, 3.8) is 0 Å². The second-order valence-electron chi connectivity index (χ2n) is 13.5. The van der Waals surface area contributed by atoms with Gasteiger partial charge >= 0.3 is 0 Å². The lowest BCUT2D eigenvalue weighted by molar-refractivity contribution is 0.661. The number of hydrogen-bond donors (Lipinski definition) is 0. The van der Waals surface area contributed by atoms with E-state index in [1.165, 1.54) is 55.3 Å². The third-order valence-corrected chi connectivity index (χ3v) is 10.1. The highest BCUT2D eigenvalue weighted by atomic mass is 14.9. The molecule has 0 saturated heterocycles. The Balaban J connectivity index is 1.10. The van der Waals surface area contributed by atoms with Crippen molar-refractivity contribution in [2.75, 3.05) is 0 Å². The van der Waals surface area contributed by atoms with Crippen LogP contribution in [-0.4, -0.2) is 9.97 Å². The molecule has 0 spiro atoms. The molecule has 0 bridgehead atoms. The van der Waals surface area contributed by atoms with E-state index in [1.54, 1.807) is 0 Å². The molecule has 1 aliphatic carbocycles. The van der Waals surface area contributed by atoms with Crippen molar-refractivity contribution in [2.45, 2.75) is 19.3 Å². The summed E-state index contributed by atoms with van der Waals surface area (Å²) in [7, 11) is 0. The number of nitrogens with zero attached hydrogens (tertiary/aromatic N) is 2. The minimum atomic E-state index is -0.0695. The van der Waals surface area contributed by atoms with E-state index in [0.29, 0.717) is 0 Å². The Morgan fingerprint density at radius 3 is 1.63 bits per heavy atom. The van der Waals surface area contributed by atoms with Crippen molar-refractivity contribution in [2.24, 2.45) is 0 Å². The molecule has 0 amide bonds. The van der Waals surface area contributed by atoms with E-state index in [9.17, 15) is 0 Å². The summed E-state index contributed by atoms with van der Waals surface area (Å²) in [5.74, 6) is 0.724. The lowest BCUT2D eigenvalue weighted by atomic mass is 9.81. The first kappa shape index (κ1) is 29.1. The van der Waals surface area contributed by atoms with Gasteiger partial charge in [-0.1, -0.05) is 159 Å². The SMILES string of the molecule is CC1(C)c2cc3ccccc3cc2-c2c(-c3cccc(-c4ccc(-c5cc(-c6ccccc6)nc(-c6ccccc6)n5)cc4)c3)cccc21. The van der Waals surface area contributed by atoms with Gasteiger partial charge in [-0.3, -0.25) is 0 Å². The van der Waals surface area contributed by atoms with E-state index in [0.717, 1.165) is 33.9 Å².